The van der Waals surface area contributed by atoms with Gasteiger partial charge in [0, 0.05) is 12.8 Å². The van der Waals surface area contributed by atoms with Crippen LogP contribution in [0.3, 0.4) is 0 Å². The minimum Gasteiger partial charge on any atom is -0.482 e. The average Bonchev–Trinajstić information content (AvgIpc) is 3.12. The van der Waals surface area contributed by atoms with Crippen molar-refractivity contribution in [3.8, 4) is 5.88 Å². The summed E-state index contributed by atoms with van der Waals surface area (Å²) in [6, 6.07) is 5.85. The smallest absolute Gasteiger partial charge is 0.226 e. The molecule has 6 heteroatoms. The highest BCUT2D eigenvalue weighted by molar-refractivity contribution is 5.84. The van der Waals surface area contributed by atoms with Crippen molar-refractivity contribution in [1.29, 1.82) is 0 Å². The van der Waals surface area contributed by atoms with Gasteiger partial charge in [-0.15, -0.1) is 0 Å². The molecule has 2 aromatic rings. The molecule has 0 saturated carbocycles. The predicted octanol–water partition coefficient (Wildman–Crippen LogP) is 3.08. The van der Waals surface area contributed by atoms with Gasteiger partial charge in [-0.05, 0) is 36.6 Å². The van der Waals surface area contributed by atoms with Crippen LogP contribution >= 0.6 is 0 Å². The van der Waals surface area contributed by atoms with Crippen LogP contribution in [0.2, 0.25) is 0 Å². The summed E-state index contributed by atoms with van der Waals surface area (Å²) < 4.78 is 17.2. The third-order valence-electron chi connectivity index (χ3n) is 4.30. The molecule has 0 N–H and O–H groups in total. The van der Waals surface area contributed by atoms with Crippen LogP contribution in [0, 0.1) is 0 Å². The Kier molecular flexibility index (Phi) is 4.13. The largest absolute Gasteiger partial charge is 0.482 e. The van der Waals surface area contributed by atoms with Gasteiger partial charge in [0.25, 0.3) is 0 Å². The van der Waals surface area contributed by atoms with Crippen LogP contribution in [0.1, 0.15) is 37.4 Å². The zero-order valence-corrected chi connectivity index (χ0v) is 13.2. The molecule has 2 unspecified atom stereocenters. The van der Waals surface area contributed by atoms with E-state index in [1.165, 1.54) is 6.33 Å². The van der Waals surface area contributed by atoms with E-state index in [-0.39, 0.29) is 12.4 Å². The van der Waals surface area contributed by atoms with Crippen molar-refractivity contribution in [1.82, 2.24) is 9.97 Å². The van der Waals surface area contributed by atoms with Crippen molar-refractivity contribution in [2.24, 2.45) is 0 Å². The van der Waals surface area contributed by atoms with Gasteiger partial charge in [-0.1, -0.05) is 6.07 Å². The Morgan fingerprint density at radius 3 is 3.00 bits per heavy atom. The molecule has 24 heavy (non-hydrogen) atoms. The summed E-state index contributed by atoms with van der Waals surface area (Å²) in [4.78, 5) is 19.4. The van der Waals surface area contributed by atoms with E-state index in [2.05, 4.69) is 9.97 Å². The fourth-order valence-electron chi connectivity index (χ4n) is 3.04. The monoisotopic (exact) mass is 326 g/mol. The second-order valence-corrected chi connectivity index (χ2v) is 5.94. The van der Waals surface area contributed by atoms with Crippen LogP contribution < -0.4 is 4.74 Å². The second-order valence-electron chi connectivity index (χ2n) is 5.94. The van der Waals surface area contributed by atoms with E-state index in [1.54, 1.807) is 6.08 Å². The predicted molar refractivity (Wildman–Crippen MR) is 86.3 cm³/mol. The van der Waals surface area contributed by atoms with Crippen molar-refractivity contribution >= 4 is 17.2 Å². The molecule has 2 atom stereocenters. The minimum absolute atomic E-state index is 0.159. The Morgan fingerprint density at radius 2 is 2.21 bits per heavy atom. The zero-order chi connectivity index (χ0) is 16.4. The normalized spacial score (nSPS) is 23.6. The highest BCUT2D eigenvalue weighted by atomic mass is 16.7. The maximum Gasteiger partial charge on any atom is 0.226 e. The van der Waals surface area contributed by atoms with E-state index in [0.29, 0.717) is 18.1 Å². The van der Waals surface area contributed by atoms with Crippen LogP contribution in [-0.2, 0) is 14.3 Å². The van der Waals surface area contributed by atoms with E-state index < -0.39 is 0 Å². The van der Waals surface area contributed by atoms with Crippen molar-refractivity contribution < 1.29 is 19.0 Å². The molecule has 0 amide bonds. The Hall–Kier alpha value is -2.47. The first-order valence-corrected chi connectivity index (χ1v) is 8.18. The number of aldehydes is 1. The number of allylic oxidation sites excluding steroid dienone is 1. The van der Waals surface area contributed by atoms with Crippen LogP contribution in [0.4, 0.5) is 0 Å². The lowest BCUT2D eigenvalue weighted by atomic mass is 10.0. The lowest BCUT2D eigenvalue weighted by molar-refractivity contribution is -0.108. The van der Waals surface area contributed by atoms with Crippen molar-refractivity contribution in [3.63, 3.8) is 0 Å². The second kappa shape index (κ2) is 6.57. The molecule has 0 spiro atoms. The zero-order valence-electron chi connectivity index (χ0n) is 13.2. The number of fused-ring (bicyclic) bond motifs is 1. The number of ether oxygens (including phenoxy) is 3. The van der Waals surface area contributed by atoms with Crippen LogP contribution in [0.5, 0.6) is 5.88 Å². The van der Waals surface area contributed by atoms with Gasteiger partial charge in [0.05, 0.1) is 17.5 Å². The average molecular weight is 326 g/mol. The number of carbonyl (C=O) groups excluding carboxylic acids is 1. The number of rotatable bonds is 4. The molecule has 6 nitrogen and oxygen atoms in total. The maximum atomic E-state index is 10.8. The lowest BCUT2D eigenvalue weighted by Gasteiger charge is -2.23. The number of hydrogen-bond donors (Lipinski definition) is 0. The van der Waals surface area contributed by atoms with Gasteiger partial charge in [-0.2, -0.15) is 0 Å². The fraction of sp³-hybridized carbons (Fsp3) is 0.389. The number of nitrogens with zero attached hydrogens (tertiary/aromatic N) is 2. The van der Waals surface area contributed by atoms with Gasteiger partial charge in [-0.3, -0.25) is 4.79 Å². The molecular weight excluding hydrogens is 308 g/mol. The summed E-state index contributed by atoms with van der Waals surface area (Å²) in [6.45, 7) is 0.717. The molecule has 0 radical (unpaired) electrons. The maximum absolute atomic E-state index is 10.8. The summed E-state index contributed by atoms with van der Waals surface area (Å²) in [5.41, 5.74) is 1.78. The molecule has 1 fully saturated rings. The topological polar surface area (TPSA) is 70.5 Å². The molecule has 4 rings (SSSR count). The third kappa shape index (κ3) is 2.97. The summed E-state index contributed by atoms with van der Waals surface area (Å²) >= 11 is 0. The summed E-state index contributed by atoms with van der Waals surface area (Å²) in [5.74, 6) is 0.909. The molecule has 3 heterocycles. The van der Waals surface area contributed by atoms with E-state index >= 15 is 0 Å². The van der Waals surface area contributed by atoms with Gasteiger partial charge in [0.15, 0.2) is 12.0 Å². The van der Waals surface area contributed by atoms with Crippen molar-refractivity contribution in [3.05, 3.63) is 41.9 Å². The molecule has 2 aliphatic rings. The molecule has 2 aliphatic heterocycles. The molecular formula is C18H18N2O4. The molecule has 1 aromatic carbocycles. The Morgan fingerprint density at radius 1 is 1.25 bits per heavy atom. The molecule has 124 valence electrons. The van der Waals surface area contributed by atoms with Crippen LogP contribution in [0.25, 0.3) is 10.9 Å². The van der Waals surface area contributed by atoms with Gasteiger partial charge in [0.1, 0.15) is 12.4 Å². The quantitative estimate of drug-likeness (QED) is 0.804. The molecule has 1 aromatic heterocycles. The van der Waals surface area contributed by atoms with Gasteiger partial charge in [0.2, 0.25) is 12.2 Å². The van der Waals surface area contributed by atoms with Gasteiger partial charge in [-0.25, -0.2) is 9.97 Å². The fourth-order valence-corrected chi connectivity index (χ4v) is 3.04. The van der Waals surface area contributed by atoms with E-state index in [9.17, 15) is 4.79 Å². The van der Waals surface area contributed by atoms with Crippen molar-refractivity contribution in [2.45, 2.75) is 38.1 Å². The minimum atomic E-state index is -0.258. The highest BCUT2D eigenvalue weighted by Gasteiger charge is 2.22. The standard InChI is InChI=1S/C18H18N2O4/c21-10-13-5-7-16(23-13)12-4-6-15-14(9-12)18(20-11-19-15)24-17-3-1-2-8-22-17/h4-6,9-11,16-17H,1-3,7-8H2. The number of carbonyl (C=O) groups is 1. The lowest BCUT2D eigenvalue weighted by Crippen LogP contribution is -2.25. The van der Waals surface area contributed by atoms with Gasteiger partial charge < -0.3 is 14.2 Å². The highest BCUT2D eigenvalue weighted by Crippen LogP contribution is 2.33. The van der Waals surface area contributed by atoms with E-state index in [4.69, 9.17) is 14.2 Å². The van der Waals surface area contributed by atoms with E-state index in [0.717, 1.165) is 48.6 Å². The Bertz CT molecular complexity index is 784. The van der Waals surface area contributed by atoms with Crippen LogP contribution in [0.15, 0.2) is 36.4 Å². The number of benzene rings is 1. The number of aromatic nitrogens is 2. The molecule has 1 saturated heterocycles. The first-order chi connectivity index (χ1) is 11.8. The molecule has 0 bridgehead atoms. The van der Waals surface area contributed by atoms with Crippen LogP contribution in [-0.4, -0.2) is 29.2 Å². The summed E-state index contributed by atoms with van der Waals surface area (Å²) in [5, 5.41) is 0.826. The third-order valence-corrected chi connectivity index (χ3v) is 4.30. The summed E-state index contributed by atoms with van der Waals surface area (Å²) in [7, 11) is 0. The number of hydrogen-bond acceptors (Lipinski definition) is 6. The summed E-state index contributed by atoms with van der Waals surface area (Å²) in [6.07, 6.45) is 7.32. The van der Waals surface area contributed by atoms with Crippen molar-refractivity contribution in [2.75, 3.05) is 6.61 Å². The van der Waals surface area contributed by atoms with E-state index in [1.807, 2.05) is 18.2 Å². The molecule has 0 aliphatic carbocycles. The first kappa shape index (κ1) is 15.1. The SMILES string of the molecule is O=CC1=CCC(c2ccc3ncnc(OC4CCCCO4)c3c2)O1. The Balaban J connectivity index is 1.62. The van der Waals surface area contributed by atoms with Gasteiger partial charge >= 0.3 is 0 Å². The first-order valence-electron chi connectivity index (χ1n) is 8.18. The Labute approximate surface area is 139 Å².